The Balaban J connectivity index is 1.93. The number of halogens is 1. The predicted molar refractivity (Wildman–Crippen MR) is 109 cm³/mol. The first-order chi connectivity index (χ1) is 13.5. The third kappa shape index (κ3) is 2.85. The monoisotopic (exact) mass is 392 g/mol. The van der Waals surface area contributed by atoms with Crippen LogP contribution in [0.1, 0.15) is 46.0 Å². The molecule has 2 aliphatic rings. The third-order valence-corrected chi connectivity index (χ3v) is 6.48. The molecule has 0 aromatic heterocycles. The number of benzene rings is 2. The van der Waals surface area contributed by atoms with Gasteiger partial charge >= 0.3 is 0 Å². The Morgan fingerprint density at radius 3 is 2.43 bits per heavy atom. The Kier molecular flexibility index (Phi) is 4.80. The van der Waals surface area contributed by atoms with Crippen molar-refractivity contribution in [1.82, 2.24) is 0 Å². The summed E-state index contributed by atoms with van der Waals surface area (Å²) in [6.45, 7) is 1.97. The standard InChI is InChI=1S/C24H21ClO3/c1-15-12-17(10-11-26)24(14-16-6-8-18(25)9-7-16)21(13-15)22(27)19-4-2-3-5-20(19)23(24)28/h2-9,11-12,17,21H,10,13-14H2,1H3/t17-,21+,24+/m1/s1. The average molecular weight is 393 g/mol. The summed E-state index contributed by atoms with van der Waals surface area (Å²) in [6.07, 6.45) is 4.07. The van der Waals surface area contributed by atoms with Crippen molar-refractivity contribution < 1.29 is 14.4 Å². The number of Topliss-reactive ketones (excluding diaryl/α,β-unsaturated/α-hetero) is 2. The quantitative estimate of drug-likeness (QED) is 0.536. The molecule has 0 aliphatic heterocycles. The Morgan fingerprint density at radius 2 is 1.75 bits per heavy atom. The molecule has 2 aliphatic carbocycles. The van der Waals surface area contributed by atoms with E-state index in [1.165, 1.54) is 0 Å². The van der Waals surface area contributed by atoms with Crippen molar-refractivity contribution in [3.05, 3.63) is 81.9 Å². The van der Waals surface area contributed by atoms with Gasteiger partial charge in [0, 0.05) is 28.5 Å². The van der Waals surface area contributed by atoms with E-state index in [1.807, 2.05) is 25.1 Å². The first-order valence-corrected chi connectivity index (χ1v) is 9.88. The van der Waals surface area contributed by atoms with Gasteiger partial charge in [0.15, 0.2) is 11.6 Å². The van der Waals surface area contributed by atoms with Crippen LogP contribution in [-0.4, -0.2) is 17.9 Å². The molecule has 28 heavy (non-hydrogen) atoms. The molecule has 0 saturated heterocycles. The molecule has 0 radical (unpaired) electrons. The van der Waals surface area contributed by atoms with Gasteiger partial charge in [-0.1, -0.05) is 59.6 Å². The Morgan fingerprint density at radius 1 is 1.07 bits per heavy atom. The number of rotatable bonds is 4. The van der Waals surface area contributed by atoms with Gasteiger partial charge in [-0.05, 0) is 43.4 Å². The van der Waals surface area contributed by atoms with E-state index in [0.717, 1.165) is 17.4 Å². The van der Waals surface area contributed by atoms with Crippen LogP contribution in [0.15, 0.2) is 60.2 Å². The maximum Gasteiger partial charge on any atom is 0.171 e. The van der Waals surface area contributed by atoms with E-state index in [9.17, 15) is 14.4 Å². The fraction of sp³-hybridized carbons (Fsp3) is 0.292. The van der Waals surface area contributed by atoms with Crippen LogP contribution in [0, 0.1) is 17.3 Å². The number of carbonyl (C=O) groups excluding carboxylic acids is 3. The third-order valence-electron chi connectivity index (χ3n) is 6.23. The first-order valence-electron chi connectivity index (χ1n) is 9.51. The lowest BCUT2D eigenvalue weighted by Gasteiger charge is -2.49. The highest BCUT2D eigenvalue weighted by atomic mass is 35.5. The highest BCUT2D eigenvalue weighted by Gasteiger charge is 2.58. The highest BCUT2D eigenvalue weighted by molar-refractivity contribution is 6.30. The van der Waals surface area contributed by atoms with Crippen molar-refractivity contribution >= 4 is 29.5 Å². The van der Waals surface area contributed by atoms with Crippen molar-refractivity contribution in [2.75, 3.05) is 0 Å². The van der Waals surface area contributed by atoms with Gasteiger partial charge in [0.1, 0.15) is 6.29 Å². The van der Waals surface area contributed by atoms with Crippen molar-refractivity contribution in [3.63, 3.8) is 0 Å². The Labute approximate surface area is 169 Å². The lowest BCUT2D eigenvalue weighted by molar-refractivity contribution is -0.109. The summed E-state index contributed by atoms with van der Waals surface area (Å²) in [5.74, 6) is -0.782. The fourth-order valence-electron chi connectivity index (χ4n) is 4.97. The van der Waals surface area contributed by atoms with E-state index in [0.29, 0.717) is 29.0 Å². The molecule has 0 heterocycles. The van der Waals surface area contributed by atoms with Crippen molar-refractivity contribution in [3.8, 4) is 0 Å². The van der Waals surface area contributed by atoms with E-state index in [4.69, 9.17) is 11.6 Å². The van der Waals surface area contributed by atoms with Gasteiger partial charge in [-0.2, -0.15) is 0 Å². The molecule has 142 valence electrons. The maximum absolute atomic E-state index is 13.9. The minimum atomic E-state index is -0.945. The molecule has 4 heteroatoms. The van der Waals surface area contributed by atoms with E-state index < -0.39 is 11.3 Å². The largest absolute Gasteiger partial charge is 0.303 e. The lowest BCUT2D eigenvalue weighted by atomic mass is 9.51. The number of hydrogen-bond donors (Lipinski definition) is 0. The van der Waals surface area contributed by atoms with Crippen molar-refractivity contribution in [2.45, 2.75) is 26.2 Å². The Bertz CT molecular complexity index is 989. The minimum absolute atomic E-state index is 0.00696. The van der Waals surface area contributed by atoms with Crippen LogP contribution in [-0.2, 0) is 11.2 Å². The summed E-state index contributed by atoms with van der Waals surface area (Å²) < 4.78 is 0. The van der Waals surface area contributed by atoms with E-state index in [2.05, 4.69) is 0 Å². The second kappa shape index (κ2) is 7.14. The van der Waals surface area contributed by atoms with E-state index in [-0.39, 0.29) is 23.9 Å². The van der Waals surface area contributed by atoms with Crippen molar-refractivity contribution in [2.24, 2.45) is 17.3 Å². The highest BCUT2D eigenvalue weighted by Crippen LogP contribution is 2.54. The van der Waals surface area contributed by atoms with Crippen molar-refractivity contribution in [1.29, 1.82) is 0 Å². The van der Waals surface area contributed by atoms with Crippen LogP contribution >= 0.6 is 11.6 Å². The summed E-state index contributed by atoms with van der Waals surface area (Å²) >= 11 is 6.03. The zero-order valence-electron chi connectivity index (χ0n) is 15.7. The van der Waals surface area contributed by atoms with E-state index >= 15 is 0 Å². The molecular weight excluding hydrogens is 372 g/mol. The summed E-state index contributed by atoms with van der Waals surface area (Å²) in [5.41, 5.74) is 2.04. The first kappa shape index (κ1) is 18.8. The molecule has 0 fully saturated rings. The van der Waals surface area contributed by atoms with Gasteiger partial charge in [0.25, 0.3) is 0 Å². The van der Waals surface area contributed by atoms with Gasteiger partial charge < -0.3 is 4.79 Å². The smallest absolute Gasteiger partial charge is 0.171 e. The van der Waals surface area contributed by atoms with Crippen LogP contribution in [0.3, 0.4) is 0 Å². The van der Waals surface area contributed by atoms with Crippen LogP contribution in [0.5, 0.6) is 0 Å². The zero-order valence-corrected chi connectivity index (χ0v) is 16.4. The summed E-state index contributed by atoms with van der Waals surface area (Å²) in [4.78, 5) is 38.8. The van der Waals surface area contributed by atoms with Gasteiger partial charge in [-0.25, -0.2) is 0 Å². The fourth-order valence-corrected chi connectivity index (χ4v) is 5.09. The second-order valence-electron chi connectivity index (χ2n) is 7.86. The molecule has 3 nitrogen and oxygen atoms in total. The average Bonchev–Trinajstić information content (AvgIpc) is 2.69. The van der Waals surface area contributed by atoms with Crippen LogP contribution in [0.2, 0.25) is 5.02 Å². The van der Waals surface area contributed by atoms with Crippen LogP contribution in [0.25, 0.3) is 0 Å². The molecule has 3 atom stereocenters. The predicted octanol–water partition coefficient (Wildman–Crippen LogP) is 5.12. The molecule has 0 amide bonds. The topological polar surface area (TPSA) is 51.2 Å². The zero-order chi connectivity index (χ0) is 19.9. The number of allylic oxidation sites excluding steroid dienone is 2. The molecule has 0 bridgehead atoms. The molecule has 4 rings (SSSR count). The number of carbonyl (C=O) groups is 3. The van der Waals surface area contributed by atoms with Gasteiger partial charge in [-0.3, -0.25) is 9.59 Å². The molecule has 0 N–H and O–H groups in total. The number of hydrogen-bond acceptors (Lipinski definition) is 3. The summed E-state index contributed by atoms with van der Waals surface area (Å²) in [6, 6.07) is 14.5. The van der Waals surface area contributed by atoms with Crippen LogP contribution < -0.4 is 0 Å². The summed E-state index contributed by atoms with van der Waals surface area (Å²) in [5, 5.41) is 0.623. The lowest BCUT2D eigenvalue weighted by Crippen LogP contribution is -2.54. The SMILES string of the molecule is CC1=C[C@@H](CC=O)[C@]2(Cc3ccc(Cl)cc3)C(=O)c3ccccc3C(=O)[C@@H]2C1. The number of aldehydes is 1. The number of fused-ring (bicyclic) bond motifs is 2. The Hall–Kier alpha value is -2.52. The minimum Gasteiger partial charge on any atom is -0.303 e. The maximum atomic E-state index is 13.9. The summed E-state index contributed by atoms with van der Waals surface area (Å²) in [7, 11) is 0. The molecule has 0 saturated carbocycles. The van der Waals surface area contributed by atoms with Gasteiger partial charge in [0.2, 0.25) is 0 Å². The number of ketones is 2. The van der Waals surface area contributed by atoms with Gasteiger partial charge in [-0.15, -0.1) is 0 Å². The molecule has 0 unspecified atom stereocenters. The van der Waals surface area contributed by atoms with Crippen LogP contribution in [0.4, 0.5) is 0 Å². The molecule has 2 aromatic carbocycles. The molecule has 2 aromatic rings. The normalized spacial score (nSPS) is 26.3. The molecular formula is C24H21ClO3. The second-order valence-corrected chi connectivity index (χ2v) is 8.30. The van der Waals surface area contributed by atoms with E-state index in [1.54, 1.807) is 36.4 Å². The molecule has 0 spiro atoms. The van der Waals surface area contributed by atoms with Gasteiger partial charge in [0.05, 0.1) is 5.41 Å².